The molecule has 0 saturated heterocycles. The van der Waals surface area contributed by atoms with Gasteiger partial charge in [-0.2, -0.15) is 0 Å². The van der Waals surface area contributed by atoms with Crippen molar-refractivity contribution in [3.63, 3.8) is 0 Å². The van der Waals surface area contributed by atoms with Gasteiger partial charge in [0.05, 0.1) is 13.2 Å². The van der Waals surface area contributed by atoms with E-state index in [0.29, 0.717) is 19.1 Å². The maximum atomic E-state index is 5.61. The highest BCUT2D eigenvalue weighted by atomic mass is 16.5. The summed E-state index contributed by atoms with van der Waals surface area (Å²) in [5.74, 6) is 2.41. The number of nitrogens with one attached hydrogen (secondary N) is 2. The fraction of sp³-hybridized carbons (Fsp3) is 0.500. The van der Waals surface area contributed by atoms with Gasteiger partial charge in [-0.05, 0) is 17.9 Å². The largest absolute Gasteiger partial charge is 0.380 e. The van der Waals surface area contributed by atoms with Crippen LogP contribution in [0.2, 0.25) is 0 Å². The number of rotatable bonds is 10. The van der Waals surface area contributed by atoms with Crippen LogP contribution in [0.15, 0.2) is 47.7 Å². The predicted octanol–water partition coefficient (Wildman–Crippen LogP) is 2.66. The van der Waals surface area contributed by atoms with Crippen LogP contribution in [0.25, 0.3) is 0 Å². The quantitative estimate of drug-likeness (QED) is 0.390. The van der Waals surface area contributed by atoms with Crippen LogP contribution in [-0.4, -0.2) is 42.3 Å². The molecule has 0 radical (unpaired) electrons. The van der Waals surface area contributed by atoms with E-state index in [1.165, 1.54) is 5.56 Å². The molecule has 6 heteroatoms. The summed E-state index contributed by atoms with van der Waals surface area (Å²) < 4.78 is 7.76. The van der Waals surface area contributed by atoms with Gasteiger partial charge in [0, 0.05) is 39.1 Å². The zero-order valence-corrected chi connectivity index (χ0v) is 16.1. The molecule has 0 unspecified atom stereocenters. The topological polar surface area (TPSA) is 63.5 Å². The first kappa shape index (κ1) is 20.0. The highest BCUT2D eigenvalue weighted by Crippen LogP contribution is 2.05. The molecular formula is C20H31N5O. The molecule has 1 aromatic heterocycles. The fourth-order valence-corrected chi connectivity index (χ4v) is 2.48. The zero-order valence-electron chi connectivity index (χ0n) is 16.1. The molecule has 2 aromatic rings. The van der Waals surface area contributed by atoms with Crippen molar-refractivity contribution in [3.05, 3.63) is 54.1 Å². The van der Waals surface area contributed by atoms with Crippen LogP contribution < -0.4 is 10.6 Å². The summed E-state index contributed by atoms with van der Waals surface area (Å²) in [7, 11) is 1.77. The molecular weight excluding hydrogens is 326 g/mol. The number of hydrogen-bond donors (Lipinski definition) is 2. The number of guanidine groups is 1. The lowest BCUT2D eigenvalue weighted by atomic mass is 10.1. The Balaban J connectivity index is 1.72. The van der Waals surface area contributed by atoms with Gasteiger partial charge in [0.25, 0.3) is 0 Å². The van der Waals surface area contributed by atoms with E-state index in [1.54, 1.807) is 7.05 Å². The minimum atomic E-state index is 0.619. The van der Waals surface area contributed by atoms with Gasteiger partial charge in [-0.25, -0.2) is 4.98 Å². The van der Waals surface area contributed by atoms with Crippen LogP contribution >= 0.6 is 0 Å². The van der Waals surface area contributed by atoms with Crippen molar-refractivity contribution in [2.75, 3.05) is 26.8 Å². The number of nitrogens with zero attached hydrogens (tertiary/aromatic N) is 3. The van der Waals surface area contributed by atoms with Crippen molar-refractivity contribution in [1.82, 2.24) is 20.2 Å². The van der Waals surface area contributed by atoms with Crippen LogP contribution in [0, 0.1) is 5.92 Å². The molecule has 1 heterocycles. The van der Waals surface area contributed by atoms with Crippen LogP contribution in [0.1, 0.15) is 31.7 Å². The Labute approximate surface area is 156 Å². The summed E-state index contributed by atoms with van der Waals surface area (Å²) in [5.41, 5.74) is 1.26. The fourth-order valence-electron chi connectivity index (χ4n) is 2.48. The first-order valence-electron chi connectivity index (χ1n) is 9.25. The Hall–Kier alpha value is -2.34. The SMILES string of the molecule is CN=C(NCCOCCC(C)C)NCc1nccn1Cc1ccccc1. The van der Waals surface area contributed by atoms with Crippen LogP contribution in [0.4, 0.5) is 0 Å². The number of aliphatic imine (C=N–C) groups is 1. The minimum absolute atomic E-state index is 0.619. The monoisotopic (exact) mass is 357 g/mol. The lowest BCUT2D eigenvalue weighted by Crippen LogP contribution is -2.39. The molecule has 0 atom stereocenters. The summed E-state index contributed by atoms with van der Waals surface area (Å²) >= 11 is 0. The van der Waals surface area contributed by atoms with Gasteiger partial charge < -0.3 is 19.9 Å². The molecule has 142 valence electrons. The van der Waals surface area contributed by atoms with Crippen molar-refractivity contribution < 1.29 is 4.74 Å². The van der Waals surface area contributed by atoms with Crippen molar-refractivity contribution in [2.24, 2.45) is 10.9 Å². The van der Waals surface area contributed by atoms with E-state index in [1.807, 2.05) is 18.5 Å². The molecule has 26 heavy (non-hydrogen) atoms. The average molecular weight is 358 g/mol. The summed E-state index contributed by atoms with van der Waals surface area (Å²) in [5, 5.41) is 6.57. The van der Waals surface area contributed by atoms with Crippen LogP contribution in [0.5, 0.6) is 0 Å². The van der Waals surface area contributed by atoms with E-state index in [9.17, 15) is 0 Å². The molecule has 0 aliphatic rings. The molecule has 0 amide bonds. The van der Waals surface area contributed by atoms with Gasteiger partial charge in [-0.15, -0.1) is 0 Å². The Morgan fingerprint density at radius 1 is 1.19 bits per heavy atom. The van der Waals surface area contributed by atoms with Crippen LogP contribution in [0.3, 0.4) is 0 Å². The highest BCUT2D eigenvalue weighted by Gasteiger charge is 2.05. The van der Waals surface area contributed by atoms with Gasteiger partial charge in [-0.1, -0.05) is 44.2 Å². The van der Waals surface area contributed by atoms with Gasteiger partial charge in [0.15, 0.2) is 5.96 Å². The Kier molecular flexibility index (Phi) is 8.69. The maximum Gasteiger partial charge on any atom is 0.191 e. The maximum absolute atomic E-state index is 5.61. The molecule has 0 saturated carbocycles. The Bertz CT molecular complexity index is 651. The predicted molar refractivity (Wildman–Crippen MR) is 106 cm³/mol. The molecule has 1 aromatic carbocycles. The third-order valence-corrected chi connectivity index (χ3v) is 4.01. The standard InChI is InChI=1S/C20H31N5O/c1-17(2)9-13-26-14-11-23-20(21-3)24-15-19-22-10-12-25(19)16-18-7-5-4-6-8-18/h4-8,10,12,17H,9,11,13-16H2,1-3H3,(H2,21,23,24). The normalized spacial score (nSPS) is 11.8. The molecule has 0 aliphatic carbocycles. The third kappa shape index (κ3) is 7.27. The molecule has 0 aliphatic heterocycles. The summed E-state index contributed by atoms with van der Waals surface area (Å²) in [6.07, 6.45) is 4.93. The van der Waals surface area contributed by atoms with Gasteiger partial charge >= 0.3 is 0 Å². The Morgan fingerprint density at radius 2 is 2.00 bits per heavy atom. The first-order chi connectivity index (χ1) is 12.7. The molecule has 0 spiro atoms. The molecule has 0 bridgehead atoms. The number of hydrogen-bond acceptors (Lipinski definition) is 3. The van der Waals surface area contributed by atoms with E-state index in [2.05, 4.69) is 63.3 Å². The van der Waals surface area contributed by atoms with E-state index in [4.69, 9.17) is 4.74 Å². The van der Waals surface area contributed by atoms with Crippen molar-refractivity contribution >= 4 is 5.96 Å². The zero-order chi connectivity index (χ0) is 18.6. The molecule has 0 fully saturated rings. The summed E-state index contributed by atoms with van der Waals surface area (Å²) in [4.78, 5) is 8.70. The third-order valence-electron chi connectivity index (χ3n) is 4.01. The number of imidazole rings is 1. The Morgan fingerprint density at radius 3 is 2.73 bits per heavy atom. The van der Waals surface area contributed by atoms with Crippen molar-refractivity contribution in [3.8, 4) is 0 Å². The van der Waals surface area contributed by atoms with Gasteiger partial charge in [-0.3, -0.25) is 4.99 Å². The lowest BCUT2D eigenvalue weighted by molar-refractivity contribution is 0.128. The first-order valence-corrected chi connectivity index (χ1v) is 9.25. The smallest absolute Gasteiger partial charge is 0.191 e. The molecule has 2 rings (SSSR count). The van der Waals surface area contributed by atoms with E-state index in [-0.39, 0.29) is 0 Å². The average Bonchev–Trinajstić information content (AvgIpc) is 3.08. The number of benzene rings is 1. The van der Waals surface area contributed by atoms with Gasteiger partial charge in [0.1, 0.15) is 5.82 Å². The van der Waals surface area contributed by atoms with E-state index in [0.717, 1.165) is 37.9 Å². The molecule has 6 nitrogen and oxygen atoms in total. The van der Waals surface area contributed by atoms with E-state index < -0.39 is 0 Å². The highest BCUT2D eigenvalue weighted by molar-refractivity contribution is 5.79. The van der Waals surface area contributed by atoms with E-state index >= 15 is 0 Å². The molecule has 2 N–H and O–H groups in total. The van der Waals surface area contributed by atoms with Crippen LogP contribution in [-0.2, 0) is 17.8 Å². The number of ether oxygens (including phenoxy) is 1. The van der Waals surface area contributed by atoms with Gasteiger partial charge in [0.2, 0.25) is 0 Å². The summed E-state index contributed by atoms with van der Waals surface area (Å²) in [6.45, 7) is 8.06. The summed E-state index contributed by atoms with van der Waals surface area (Å²) in [6, 6.07) is 10.4. The van der Waals surface area contributed by atoms with Crippen molar-refractivity contribution in [2.45, 2.75) is 33.4 Å². The second kappa shape index (κ2) is 11.3. The van der Waals surface area contributed by atoms with Crippen molar-refractivity contribution in [1.29, 1.82) is 0 Å². The second-order valence-electron chi connectivity index (χ2n) is 6.60. The minimum Gasteiger partial charge on any atom is -0.380 e. The lowest BCUT2D eigenvalue weighted by Gasteiger charge is -2.13. The second-order valence-corrected chi connectivity index (χ2v) is 6.60. The number of aromatic nitrogens is 2.